The summed E-state index contributed by atoms with van der Waals surface area (Å²) in [5.41, 5.74) is 1.22. The summed E-state index contributed by atoms with van der Waals surface area (Å²) in [5.74, 6) is 0. The Balaban J connectivity index is 2.44. The van der Waals surface area contributed by atoms with Crippen LogP contribution in [-0.2, 0) is 4.74 Å². The minimum Gasteiger partial charge on any atom is -0.362 e. The largest absolute Gasteiger partial charge is 0.362 e. The van der Waals surface area contributed by atoms with Gasteiger partial charge in [-0.1, -0.05) is 23.7 Å². The minimum atomic E-state index is -0.343. The lowest BCUT2D eigenvalue weighted by molar-refractivity contribution is 0.0760. The van der Waals surface area contributed by atoms with Crippen LogP contribution in [0.4, 0.5) is 0 Å². The maximum absolute atomic E-state index is 8.61. The molecule has 0 aliphatic rings. The van der Waals surface area contributed by atoms with Crippen molar-refractivity contribution in [3.8, 4) is 6.07 Å². The molecular weight excluding hydrogens is 248 g/mol. The zero-order chi connectivity index (χ0) is 13.5. The predicted molar refractivity (Wildman–Crippen MR) is 73.5 cm³/mol. The van der Waals surface area contributed by atoms with E-state index >= 15 is 0 Å². The maximum atomic E-state index is 8.61. The summed E-state index contributed by atoms with van der Waals surface area (Å²) in [6.45, 7) is 5.23. The van der Waals surface area contributed by atoms with Gasteiger partial charge in [0.2, 0.25) is 0 Å². The van der Waals surface area contributed by atoms with E-state index in [0.717, 1.165) is 11.6 Å². The van der Waals surface area contributed by atoms with E-state index in [-0.39, 0.29) is 6.10 Å². The van der Waals surface area contributed by atoms with Crippen LogP contribution in [0, 0.1) is 11.3 Å². The fourth-order valence-electron chi connectivity index (χ4n) is 1.60. The number of hydrogen-bond donors (Lipinski definition) is 0. The quantitative estimate of drug-likeness (QED) is 0.793. The van der Waals surface area contributed by atoms with Crippen LogP contribution >= 0.6 is 11.6 Å². The third-order valence-electron chi connectivity index (χ3n) is 3.01. The summed E-state index contributed by atoms with van der Waals surface area (Å²) in [6.07, 6.45) is -0.343. The van der Waals surface area contributed by atoms with Gasteiger partial charge in [-0.25, -0.2) is 0 Å². The second kappa shape index (κ2) is 7.38. The molecule has 0 amide bonds. The number of benzene rings is 1. The van der Waals surface area contributed by atoms with E-state index in [0.29, 0.717) is 12.6 Å². The molecule has 0 saturated carbocycles. The highest BCUT2D eigenvalue weighted by atomic mass is 35.5. The molecule has 1 aromatic rings. The number of hydrogen-bond acceptors (Lipinski definition) is 3. The SMILES string of the molecule is CC(C#N)OCCN(C)C(C)c1ccc(Cl)cc1. The van der Waals surface area contributed by atoms with Gasteiger partial charge in [0.05, 0.1) is 12.7 Å². The second-order valence-electron chi connectivity index (χ2n) is 4.35. The maximum Gasteiger partial charge on any atom is 0.141 e. The van der Waals surface area contributed by atoms with Crippen molar-refractivity contribution in [1.29, 1.82) is 5.26 Å². The average Bonchev–Trinajstić information content (AvgIpc) is 2.38. The lowest BCUT2D eigenvalue weighted by Gasteiger charge is -2.25. The summed E-state index contributed by atoms with van der Waals surface area (Å²) in [5, 5.41) is 9.36. The van der Waals surface area contributed by atoms with Gasteiger partial charge in [-0.3, -0.25) is 4.90 Å². The van der Waals surface area contributed by atoms with Crippen molar-refractivity contribution >= 4 is 11.6 Å². The van der Waals surface area contributed by atoms with Gasteiger partial charge < -0.3 is 4.74 Å². The van der Waals surface area contributed by atoms with Crippen LogP contribution in [0.3, 0.4) is 0 Å². The molecule has 2 unspecified atom stereocenters. The predicted octanol–water partition coefficient (Wildman–Crippen LogP) is 3.26. The van der Waals surface area contributed by atoms with Crippen LogP contribution < -0.4 is 0 Å². The van der Waals surface area contributed by atoms with Crippen molar-refractivity contribution in [2.45, 2.75) is 26.0 Å². The smallest absolute Gasteiger partial charge is 0.141 e. The van der Waals surface area contributed by atoms with Gasteiger partial charge in [-0.2, -0.15) is 5.26 Å². The van der Waals surface area contributed by atoms with Crippen LogP contribution in [0.5, 0.6) is 0 Å². The molecule has 1 aromatic carbocycles. The number of rotatable bonds is 6. The standard InChI is InChI=1S/C14H19ClN2O/c1-11(10-16)18-9-8-17(3)12(2)13-4-6-14(15)7-5-13/h4-7,11-12H,8-9H2,1-3H3. The molecule has 2 atom stereocenters. The summed E-state index contributed by atoms with van der Waals surface area (Å²) in [7, 11) is 2.04. The van der Waals surface area contributed by atoms with E-state index in [2.05, 4.69) is 17.9 Å². The highest BCUT2D eigenvalue weighted by molar-refractivity contribution is 6.30. The third-order valence-corrected chi connectivity index (χ3v) is 3.26. The van der Waals surface area contributed by atoms with Crippen molar-refractivity contribution in [3.05, 3.63) is 34.9 Å². The first-order chi connectivity index (χ1) is 8.54. The Bertz CT molecular complexity index is 399. The summed E-state index contributed by atoms with van der Waals surface area (Å²) in [6, 6.07) is 10.2. The third kappa shape index (κ3) is 4.66. The molecule has 0 heterocycles. The summed E-state index contributed by atoms with van der Waals surface area (Å²) >= 11 is 5.87. The van der Waals surface area contributed by atoms with Gasteiger partial charge in [-0.15, -0.1) is 0 Å². The van der Waals surface area contributed by atoms with Crippen LogP contribution in [-0.4, -0.2) is 31.2 Å². The van der Waals surface area contributed by atoms with Crippen LogP contribution in [0.2, 0.25) is 5.02 Å². The van der Waals surface area contributed by atoms with Crippen molar-refractivity contribution in [3.63, 3.8) is 0 Å². The Kier molecular flexibility index (Phi) is 6.14. The molecule has 0 bridgehead atoms. The zero-order valence-corrected chi connectivity index (χ0v) is 11.8. The van der Waals surface area contributed by atoms with E-state index in [9.17, 15) is 0 Å². The van der Waals surface area contributed by atoms with Crippen molar-refractivity contribution in [2.75, 3.05) is 20.2 Å². The van der Waals surface area contributed by atoms with Crippen molar-refractivity contribution in [2.24, 2.45) is 0 Å². The van der Waals surface area contributed by atoms with Gasteiger partial charge >= 0.3 is 0 Å². The summed E-state index contributed by atoms with van der Waals surface area (Å²) < 4.78 is 5.34. The second-order valence-corrected chi connectivity index (χ2v) is 4.79. The molecule has 0 saturated heterocycles. The van der Waals surface area contributed by atoms with Gasteiger partial charge in [0.25, 0.3) is 0 Å². The number of nitriles is 1. The first-order valence-corrected chi connectivity index (χ1v) is 6.39. The molecule has 0 aliphatic carbocycles. The summed E-state index contributed by atoms with van der Waals surface area (Å²) in [4.78, 5) is 2.19. The lowest BCUT2D eigenvalue weighted by atomic mass is 10.1. The molecule has 4 heteroatoms. The average molecular weight is 267 g/mol. The van der Waals surface area contributed by atoms with E-state index in [1.807, 2.05) is 31.3 Å². The van der Waals surface area contributed by atoms with E-state index < -0.39 is 0 Å². The highest BCUT2D eigenvalue weighted by Gasteiger charge is 2.11. The number of likely N-dealkylation sites (N-methyl/N-ethyl adjacent to an activating group) is 1. The minimum absolute atomic E-state index is 0.295. The van der Waals surface area contributed by atoms with Gasteiger partial charge in [-0.05, 0) is 38.6 Å². The Hall–Kier alpha value is -1.08. The molecule has 0 N–H and O–H groups in total. The van der Waals surface area contributed by atoms with E-state index in [1.54, 1.807) is 6.92 Å². The fraction of sp³-hybridized carbons (Fsp3) is 0.500. The van der Waals surface area contributed by atoms with Crippen molar-refractivity contribution in [1.82, 2.24) is 4.90 Å². The first kappa shape index (κ1) is 15.0. The molecule has 0 aliphatic heterocycles. The molecule has 0 radical (unpaired) electrons. The Morgan fingerprint density at radius 3 is 2.50 bits per heavy atom. The van der Waals surface area contributed by atoms with Gasteiger partial charge in [0.1, 0.15) is 6.10 Å². The monoisotopic (exact) mass is 266 g/mol. The van der Waals surface area contributed by atoms with Gasteiger partial charge in [0, 0.05) is 17.6 Å². The number of halogens is 1. The molecular formula is C14H19ClN2O. The zero-order valence-electron chi connectivity index (χ0n) is 11.1. The first-order valence-electron chi connectivity index (χ1n) is 6.01. The fourth-order valence-corrected chi connectivity index (χ4v) is 1.73. The Morgan fingerprint density at radius 1 is 1.33 bits per heavy atom. The Labute approximate surface area is 114 Å². The molecule has 1 rings (SSSR count). The van der Waals surface area contributed by atoms with Crippen molar-refractivity contribution < 1.29 is 4.74 Å². The number of nitrogens with zero attached hydrogens (tertiary/aromatic N) is 2. The van der Waals surface area contributed by atoms with E-state index in [4.69, 9.17) is 21.6 Å². The molecule has 0 aromatic heterocycles. The molecule has 0 spiro atoms. The molecule has 0 fully saturated rings. The topological polar surface area (TPSA) is 36.3 Å². The molecule has 18 heavy (non-hydrogen) atoms. The molecule has 3 nitrogen and oxygen atoms in total. The Morgan fingerprint density at radius 2 is 1.94 bits per heavy atom. The van der Waals surface area contributed by atoms with Crippen LogP contribution in [0.25, 0.3) is 0 Å². The van der Waals surface area contributed by atoms with Crippen LogP contribution in [0.1, 0.15) is 25.5 Å². The number of ether oxygens (including phenoxy) is 1. The van der Waals surface area contributed by atoms with Crippen LogP contribution in [0.15, 0.2) is 24.3 Å². The highest BCUT2D eigenvalue weighted by Crippen LogP contribution is 2.20. The van der Waals surface area contributed by atoms with E-state index in [1.165, 1.54) is 5.56 Å². The normalized spacial score (nSPS) is 14.2. The lowest BCUT2D eigenvalue weighted by Crippen LogP contribution is -2.27. The van der Waals surface area contributed by atoms with Gasteiger partial charge in [0.15, 0.2) is 0 Å². The molecule has 98 valence electrons.